The summed E-state index contributed by atoms with van der Waals surface area (Å²) >= 11 is 5.65. The van der Waals surface area contributed by atoms with E-state index in [2.05, 4.69) is 22.1 Å². The van der Waals surface area contributed by atoms with Gasteiger partial charge in [0, 0.05) is 36.7 Å². The Morgan fingerprint density at radius 2 is 2.03 bits per heavy atom. The van der Waals surface area contributed by atoms with Crippen molar-refractivity contribution in [2.45, 2.75) is 45.3 Å². The Bertz CT molecular complexity index is 955. The summed E-state index contributed by atoms with van der Waals surface area (Å²) in [5, 5.41) is 4.91. The summed E-state index contributed by atoms with van der Waals surface area (Å²) in [7, 11) is 0. The topological polar surface area (TPSA) is 75.8 Å². The molecule has 1 atom stereocenters. The number of benzene rings is 1. The maximum absolute atomic E-state index is 12.8. The molecule has 4 rings (SSSR count). The summed E-state index contributed by atoms with van der Waals surface area (Å²) < 4.78 is 17.1. The second kappa shape index (κ2) is 9.66. The summed E-state index contributed by atoms with van der Waals surface area (Å²) in [4.78, 5) is 17.8. The number of thiocarbonyl (C=S) groups is 1. The Balaban J connectivity index is 1.57. The Hall–Kier alpha value is -2.32. The molecule has 1 saturated heterocycles. The Morgan fingerprint density at radius 1 is 1.23 bits per heavy atom. The number of nitrogens with zero attached hydrogens (tertiary/aromatic N) is 1. The molecule has 30 heavy (non-hydrogen) atoms. The molecule has 0 aliphatic carbocycles. The van der Waals surface area contributed by atoms with Gasteiger partial charge >= 0.3 is 0 Å². The van der Waals surface area contributed by atoms with Gasteiger partial charge in [0.15, 0.2) is 16.6 Å². The molecule has 1 aromatic carbocycles. The fourth-order valence-electron chi connectivity index (χ4n) is 3.85. The fourth-order valence-corrected chi connectivity index (χ4v) is 4.09. The maximum Gasteiger partial charge on any atom is 0.253 e. The van der Waals surface area contributed by atoms with Crippen LogP contribution >= 0.6 is 12.2 Å². The molecule has 0 radical (unpaired) electrons. The second-order valence-electron chi connectivity index (χ2n) is 7.81. The van der Waals surface area contributed by atoms with Crippen molar-refractivity contribution < 1.29 is 14.2 Å². The average Bonchev–Trinajstić information content (AvgIpc) is 3.25. The van der Waals surface area contributed by atoms with Gasteiger partial charge in [0.25, 0.3) is 5.56 Å². The van der Waals surface area contributed by atoms with Crippen molar-refractivity contribution in [1.82, 2.24) is 15.2 Å². The van der Waals surface area contributed by atoms with Crippen LogP contribution in [0, 0.1) is 0 Å². The molecule has 2 aromatic rings. The normalized spacial score (nSPS) is 17.8. The summed E-state index contributed by atoms with van der Waals surface area (Å²) in [6, 6.07) is 5.67. The van der Waals surface area contributed by atoms with E-state index in [1.165, 1.54) is 0 Å². The Morgan fingerprint density at radius 3 is 2.77 bits per heavy atom. The Labute approximate surface area is 181 Å². The lowest BCUT2D eigenvalue weighted by Crippen LogP contribution is -2.44. The van der Waals surface area contributed by atoms with Crippen LogP contribution in [0.15, 0.2) is 23.0 Å². The molecule has 2 aliphatic heterocycles. The van der Waals surface area contributed by atoms with Gasteiger partial charge in [0.05, 0.1) is 18.2 Å². The molecule has 3 heterocycles. The molecular formula is C22H29N3O4S. The third kappa shape index (κ3) is 4.87. The largest absolute Gasteiger partial charge is 0.486 e. The van der Waals surface area contributed by atoms with E-state index in [1.54, 1.807) is 0 Å². The molecule has 2 aliphatic rings. The number of aromatic amines is 1. The van der Waals surface area contributed by atoms with Gasteiger partial charge in [0.1, 0.15) is 13.2 Å². The van der Waals surface area contributed by atoms with E-state index in [0.29, 0.717) is 48.5 Å². The van der Waals surface area contributed by atoms with Gasteiger partial charge in [-0.2, -0.15) is 0 Å². The first-order valence-corrected chi connectivity index (χ1v) is 11.1. The van der Waals surface area contributed by atoms with Crippen molar-refractivity contribution in [1.29, 1.82) is 0 Å². The molecule has 0 bridgehead atoms. The number of unbranched alkanes of at least 4 members (excludes halogenated alkanes) is 1. The average molecular weight is 432 g/mol. The number of H-pyrrole nitrogens is 1. The van der Waals surface area contributed by atoms with Gasteiger partial charge in [-0.3, -0.25) is 4.79 Å². The highest BCUT2D eigenvalue weighted by Crippen LogP contribution is 2.33. The monoisotopic (exact) mass is 431 g/mol. The number of nitrogens with one attached hydrogen (secondary N) is 2. The van der Waals surface area contributed by atoms with Crippen LogP contribution in [0.1, 0.15) is 38.2 Å². The zero-order chi connectivity index (χ0) is 20.9. The number of hydrogen-bond donors (Lipinski definition) is 2. The van der Waals surface area contributed by atoms with Crippen molar-refractivity contribution in [2.75, 3.05) is 32.9 Å². The minimum atomic E-state index is -0.118. The van der Waals surface area contributed by atoms with Crippen LogP contribution in [0.5, 0.6) is 11.5 Å². The SMILES string of the molecule is CCCCNC(=S)N(Cc1cc2cc3c(cc2[nH]c1=O)OCCO3)C[C@H]1CCCO1. The van der Waals surface area contributed by atoms with Crippen molar-refractivity contribution in [3.05, 3.63) is 34.1 Å². The molecular weight excluding hydrogens is 402 g/mol. The minimum Gasteiger partial charge on any atom is -0.486 e. The van der Waals surface area contributed by atoms with Crippen LogP contribution < -0.4 is 20.3 Å². The highest BCUT2D eigenvalue weighted by Gasteiger charge is 2.22. The minimum absolute atomic E-state index is 0.118. The van der Waals surface area contributed by atoms with E-state index < -0.39 is 0 Å². The molecule has 0 spiro atoms. The predicted molar refractivity (Wildman–Crippen MR) is 120 cm³/mol. The number of pyridine rings is 1. The smallest absolute Gasteiger partial charge is 0.253 e. The lowest BCUT2D eigenvalue weighted by Gasteiger charge is -2.28. The summed E-state index contributed by atoms with van der Waals surface area (Å²) in [5.41, 5.74) is 1.28. The van der Waals surface area contributed by atoms with Crippen LogP contribution in [0.2, 0.25) is 0 Å². The summed E-state index contributed by atoms with van der Waals surface area (Å²) in [6.07, 6.45) is 4.39. The number of rotatable bonds is 7. The van der Waals surface area contributed by atoms with Gasteiger partial charge in [0.2, 0.25) is 0 Å². The van der Waals surface area contributed by atoms with Gasteiger partial charge < -0.3 is 29.4 Å². The van der Waals surface area contributed by atoms with Crippen LogP contribution in [0.3, 0.4) is 0 Å². The number of aromatic nitrogens is 1. The van der Waals surface area contributed by atoms with Crippen molar-refractivity contribution in [2.24, 2.45) is 0 Å². The second-order valence-corrected chi connectivity index (χ2v) is 8.19. The standard InChI is InChI=1S/C22H29N3O4S/c1-2-3-6-23-22(30)25(14-17-5-4-7-27-17)13-16-10-15-11-19-20(29-9-8-28-19)12-18(15)24-21(16)26/h10-12,17H,2-9,13-14H2,1H3,(H,23,30)(H,24,26)/t17-/m1/s1. The molecule has 0 amide bonds. The van der Waals surface area contributed by atoms with E-state index in [1.807, 2.05) is 18.2 Å². The molecule has 2 N–H and O–H groups in total. The van der Waals surface area contributed by atoms with Gasteiger partial charge in [-0.15, -0.1) is 0 Å². The molecule has 162 valence electrons. The van der Waals surface area contributed by atoms with E-state index >= 15 is 0 Å². The van der Waals surface area contributed by atoms with E-state index in [-0.39, 0.29) is 11.7 Å². The van der Waals surface area contributed by atoms with E-state index in [9.17, 15) is 4.79 Å². The zero-order valence-electron chi connectivity index (χ0n) is 17.4. The first-order chi connectivity index (χ1) is 14.6. The predicted octanol–water partition coefficient (Wildman–Crippen LogP) is 2.95. The van der Waals surface area contributed by atoms with E-state index in [4.69, 9.17) is 26.4 Å². The van der Waals surface area contributed by atoms with Crippen molar-refractivity contribution >= 4 is 28.2 Å². The van der Waals surface area contributed by atoms with Crippen LogP contribution in [-0.4, -0.2) is 54.0 Å². The first-order valence-electron chi connectivity index (χ1n) is 10.7. The van der Waals surface area contributed by atoms with Gasteiger partial charge in [-0.05, 0) is 43.6 Å². The number of fused-ring (bicyclic) bond motifs is 2. The van der Waals surface area contributed by atoms with Crippen LogP contribution in [0.4, 0.5) is 0 Å². The lowest BCUT2D eigenvalue weighted by molar-refractivity contribution is 0.0897. The molecule has 1 fully saturated rings. The van der Waals surface area contributed by atoms with E-state index in [0.717, 1.165) is 49.7 Å². The summed E-state index contributed by atoms with van der Waals surface area (Å²) in [6.45, 7) is 5.92. The van der Waals surface area contributed by atoms with Crippen LogP contribution in [-0.2, 0) is 11.3 Å². The molecule has 7 nitrogen and oxygen atoms in total. The number of hydrogen-bond acceptors (Lipinski definition) is 5. The molecule has 1 aromatic heterocycles. The Kier molecular flexibility index (Phi) is 6.74. The highest BCUT2D eigenvalue weighted by molar-refractivity contribution is 7.80. The van der Waals surface area contributed by atoms with Gasteiger partial charge in [-0.1, -0.05) is 13.3 Å². The third-order valence-corrected chi connectivity index (χ3v) is 5.89. The molecule has 0 saturated carbocycles. The molecule has 8 heteroatoms. The summed E-state index contributed by atoms with van der Waals surface area (Å²) in [5.74, 6) is 1.37. The van der Waals surface area contributed by atoms with Gasteiger partial charge in [-0.25, -0.2) is 0 Å². The quantitative estimate of drug-likeness (QED) is 0.516. The van der Waals surface area contributed by atoms with Crippen molar-refractivity contribution in [3.63, 3.8) is 0 Å². The highest BCUT2D eigenvalue weighted by atomic mass is 32.1. The van der Waals surface area contributed by atoms with Crippen LogP contribution in [0.25, 0.3) is 10.9 Å². The fraction of sp³-hybridized carbons (Fsp3) is 0.545. The number of ether oxygens (including phenoxy) is 3. The zero-order valence-corrected chi connectivity index (χ0v) is 18.2. The third-order valence-electron chi connectivity index (χ3n) is 5.49. The van der Waals surface area contributed by atoms with Crippen molar-refractivity contribution in [3.8, 4) is 11.5 Å². The maximum atomic E-state index is 12.8. The lowest BCUT2D eigenvalue weighted by atomic mass is 10.1. The first kappa shape index (κ1) is 20.9. The molecule has 0 unspecified atom stereocenters.